The Morgan fingerprint density at radius 1 is 1.32 bits per heavy atom. The normalized spacial score (nSPS) is 16.4. The number of nitrogens with zero attached hydrogens (tertiary/aromatic N) is 2. The second-order valence-electron chi connectivity index (χ2n) is 4.77. The number of ether oxygens (including phenoxy) is 1. The summed E-state index contributed by atoms with van der Waals surface area (Å²) >= 11 is 0. The number of nitrogen functional groups attached to an aromatic ring is 1. The highest BCUT2D eigenvalue weighted by molar-refractivity contribution is 5.73. The first kappa shape index (κ1) is 13.7. The van der Waals surface area contributed by atoms with E-state index in [-0.39, 0.29) is 5.91 Å². The molecule has 5 heteroatoms. The topological polar surface area (TPSA) is 58.8 Å². The molecule has 1 aliphatic heterocycles. The Morgan fingerprint density at radius 3 is 2.68 bits per heavy atom. The van der Waals surface area contributed by atoms with Crippen LogP contribution in [-0.4, -0.2) is 55.0 Å². The number of hydrogen-bond donors (Lipinski definition) is 1. The summed E-state index contributed by atoms with van der Waals surface area (Å²) in [6, 6.07) is 7.46. The van der Waals surface area contributed by atoms with Crippen LogP contribution in [0.2, 0.25) is 0 Å². The highest BCUT2D eigenvalue weighted by atomic mass is 16.5. The molecule has 0 aliphatic carbocycles. The highest BCUT2D eigenvalue weighted by Gasteiger charge is 2.17. The van der Waals surface area contributed by atoms with Crippen LogP contribution in [-0.2, 0) is 4.79 Å². The Bertz CT molecular complexity index is 428. The monoisotopic (exact) mass is 263 g/mol. The Kier molecular flexibility index (Phi) is 4.63. The molecule has 1 fully saturated rings. The summed E-state index contributed by atoms with van der Waals surface area (Å²) in [5, 5.41) is 0. The molecule has 0 saturated carbocycles. The second kappa shape index (κ2) is 6.43. The van der Waals surface area contributed by atoms with Gasteiger partial charge < -0.3 is 15.4 Å². The zero-order valence-electron chi connectivity index (χ0n) is 11.3. The minimum absolute atomic E-state index is 0.163. The molecule has 1 amide bonds. The molecular formula is C14H21N3O2. The number of rotatable bonds is 4. The van der Waals surface area contributed by atoms with Gasteiger partial charge in [0.2, 0.25) is 5.91 Å². The summed E-state index contributed by atoms with van der Waals surface area (Å²) in [6.45, 7) is 6.60. The van der Waals surface area contributed by atoms with Gasteiger partial charge in [-0.05, 0) is 12.1 Å². The number of hydrogen-bond acceptors (Lipinski definition) is 4. The summed E-state index contributed by atoms with van der Waals surface area (Å²) in [6.07, 6.45) is 0. The quantitative estimate of drug-likeness (QED) is 0.817. The average Bonchev–Trinajstić information content (AvgIpc) is 2.39. The molecule has 0 spiro atoms. The number of anilines is 1. The fourth-order valence-electron chi connectivity index (χ4n) is 2.18. The van der Waals surface area contributed by atoms with Crippen LogP contribution >= 0.6 is 0 Å². The lowest BCUT2D eigenvalue weighted by Gasteiger charge is -2.34. The summed E-state index contributed by atoms with van der Waals surface area (Å²) in [7, 11) is 0. The molecule has 1 aromatic carbocycles. The fourth-order valence-corrected chi connectivity index (χ4v) is 2.18. The molecule has 5 nitrogen and oxygen atoms in total. The van der Waals surface area contributed by atoms with Crippen molar-refractivity contribution in [2.45, 2.75) is 6.92 Å². The summed E-state index contributed by atoms with van der Waals surface area (Å²) in [4.78, 5) is 15.4. The maximum Gasteiger partial charge on any atom is 0.219 e. The smallest absolute Gasteiger partial charge is 0.219 e. The van der Waals surface area contributed by atoms with Crippen molar-refractivity contribution in [3.05, 3.63) is 24.3 Å². The van der Waals surface area contributed by atoms with Crippen LogP contribution in [0.4, 0.5) is 5.69 Å². The van der Waals surface area contributed by atoms with Gasteiger partial charge in [0.25, 0.3) is 0 Å². The van der Waals surface area contributed by atoms with Gasteiger partial charge in [-0.25, -0.2) is 0 Å². The number of nitrogens with two attached hydrogens (primary N) is 1. The van der Waals surface area contributed by atoms with Crippen LogP contribution in [0.15, 0.2) is 24.3 Å². The van der Waals surface area contributed by atoms with Crippen molar-refractivity contribution in [2.24, 2.45) is 0 Å². The van der Waals surface area contributed by atoms with Crippen molar-refractivity contribution in [1.29, 1.82) is 0 Å². The molecule has 0 radical (unpaired) electrons. The van der Waals surface area contributed by atoms with E-state index in [9.17, 15) is 4.79 Å². The van der Waals surface area contributed by atoms with Crippen molar-refractivity contribution in [3.63, 3.8) is 0 Å². The fraction of sp³-hybridized carbons (Fsp3) is 0.500. The molecule has 0 atom stereocenters. The SMILES string of the molecule is CC(=O)N1CCN(CCOc2cccc(N)c2)CC1. The number of amides is 1. The zero-order valence-corrected chi connectivity index (χ0v) is 11.3. The first-order chi connectivity index (χ1) is 9.15. The van der Waals surface area contributed by atoms with Gasteiger partial charge in [0.05, 0.1) is 0 Å². The van der Waals surface area contributed by atoms with Gasteiger partial charge in [-0.2, -0.15) is 0 Å². The van der Waals surface area contributed by atoms with Crippen molar-refractivity contribution in [1.82, 2.24) is 9.80 Å². The predicted octanol–water partition coefficient (Wildman–Crippen LogP) is 0.812. The Morgan fingerprint density at radius 2 is 2.05 bits per heavy atom. The first-order valence-corrected chi connectivity index (χ1v) is 6.61. The van der Waals surface area contributed by atoms with E-state index in [2.05, 4.69) is 4.90 Å². The van der Waals surface area contributed by atoms with E-state index in [0.717, 1.165) is 38.5 Å². The maximum atomic E-state index is 11.2. The largest absolute Gasteiger partial charge is 0.492 e. The molecule has 1 aromatic rings. The van der Waals surface area contributed by atoms with Crippen molar-refractivity contribution in [2.75, 3.05) is 45.1 Å². The highest BCUT2D eigenvalue weighted by Crippen LogP contribution is 2.14. The zero-order chi connectivity index (χ0) is 13.7. The minimum atomic E-state index is 0.163. The standard InChI is InChI=1S/C14H21N3O2/c1-12(18)17-7-5-16(6-8-17)9-10-19-14-4-2-3-13(15)11-14/h2-4,11H,5-10,15H2,1H3. The molecule has 1 aliphatic rings. The van der Waals surface area contributed by atoms with Crippen LogP contribution in [0.3, 0.4) is 0 Å². The lowest BCUT2D eigenvalue weighted by atomic mass is 10.3. The summed E-state index contributed by atoms with van der Waals surface area (Å²) in [5.41, 5.74) is 6.40. The van der Waals surface area contributed by atoms with Crippen LogP contribution < -0.4 is 10.5 Å². The van der Waals surface area contributed by atoms with Gasteiger partial charge in [0, 0.05) is 51.4 Å². The maximum absolute atomic E-state index is 11.2. The van der Waals surface area contributed by atoms with Crippen LogP contribution in [0.25, 0.3) is 0 Å². The van der Waals surface area contributed by atoms with Gasteiger partial charge in [0.1, 0.15) is 12.4 Å². The van der Waals surface area contributed by atoms with Crippen LogP contribution in [0.5, 0.6) is 5.75 Å². The molecule has 0 unspecified atom stereocenters. The van der Waals surface area contributed by atoms with Crippen molar-refractivity contribution < 1.29 is 9.53 Å². The van der Waals surface area contributed by atoms with Gasteiger partial charge >= 0.3 is 0 Å². The number of carbonyl (C=O) groups is 1. The number of carbonyl (C=O) groups excluding carboxylic acids is 1. The van der Waals surface area contributed by atoms with E-state index in [4.69, 9.17) is 10.5 Å². The third-order valence-electron chi connectivity index (χ3n) is 3.35. The Labute approximate surface area is 113 Å². The third kappa shape index (κ3) is 4.13. The van der Waals surface area contributed by atoms with E-state index in [1.807, 2.05) is 29.2 Å². The molecule has 2 rings (SSSR count). The van der Waals surface area contributed by atoms with Crippen LogP contribution in [0, 0.1) is 0 Å². The first-order valence-electron chi connectivity index (χ1n) is 6.61. The molecule has 1 saturated heterocycles. The molecule has 2 N–H and O–H groups in total. The van der Waals surface area contributed by atoms with E-state index >= 15 is 0 Å². The molecule has 0 bridgehead atoms. The van der Waals surface area contributed by atoms with E-state index in [0.29, 0.717) is 12.3 Å². The van der Waals surface area contributed by atoms with Gasteiger partial charge in [-0.3, -0.25) is 9.69 Å². The molecular weight excluding hydrogens is 242 g/mol. The predicted molar refractivity (Wildman–Crippen MR) is 75.0 cm³/mol. The Hall–Kier alpha value is -1.75. The van der Waals surface area contributed by atoms with Gasteiger partial charge in [-0.1, -0.05) is 6.07 Å². The molecule has 0 aromatic heterocycles. The van der Waals surface area contributed by atoms with E-state index < -0.39 is 0 Å². The number of piperazine rings is 1. The van der Waals surface area contributed by atoms with Crippen LogP contribution in [0.1, 0.15) is 6.92 Å². The Balaban J connectivity index is 1.68. The average molecular weight is 263 g/mol. The van der Waals surface area contributed by atoms with Gasteiger partial charge in [-0.15, -0.1) is 0 Å². The molecule has 19 heavy (non-hydrogen) atoms. The molecule has 104 valence electrons. The second-order valence-corrected chi connectivity index (χ2v) is 4.77. The third-order valence-corrected chi connectivity index (χ3v) is 3.35. The van der Waals surface area contributed by atoms with E-state index in [1.165, 1.54) is 0 Å². The number of benzene rings is 1. The lowest BCUT2D eigenvalue weighted by molar-refractivity contribution is -0.130. The minimum Gasteiger partial charge on any atom is -0.492 e. The van der Waals surface area contributed by atoms with Gasteiger partial charge in [0.15, 0.2) is 0 Å². The summed E-state index contributed by atoms with van der Waals surface area (Å²) in [5.74, 6) is 0.970. The van der Waals surface area contributed by atoms with E-state index in [1.54, 1.807) is 6.92 Å². The van der Waals surface area contributed by atoms with Crippen molar-refractivity contribution in [3.8, 4) is 5.75 Å². The van der Waals surface area contributed by atoms with Crippen molar-refractivity contribution >= 4 is 11.6 Å². The molecule has 1 heterocycles. The summed E-state index contributed by atoms with van der Waals surface area (Å²) < 4.78 is 5.66. The lowest BCUT2D eigenvalue weighted by Crippen LogP contribution is -2.48.